The average molecular weight is 316 g/mol. The Balaban J connectivity index is 1.88. The highest BCUT2D eigenvalue weighted by atomic mass is 19.2. The lowest BCUT2D eigenvalue weighted by molar-refractivity contribution is -0.0443. The second kappa shape index (κ2) is 6.79. The molecule has 1 saturated carbocycles. The van der Waals surface area contributed by atoms with Crippen LogP contribution in [0, 0.1) is 17.8 Å². The maximum atomic E-state index is 14.0. The molecular formula is C16H26F2N2O2. The molecule has 0 spiro atoms. The number of nitrogens with one attached hydrogen (secondary N) is 1. The van der Waals surface area contributed by atoms with Gasteiger partial charge in [-0.1, -0.05) is 6.92 Å². The smallest absolute Gasteiger partial charge is 0.187 e. The summed E-state index contributed by atoms with van der Waals surface area (Å²) >= 11 is 0. The maximum Gasteiger partial charge on any atom is 0.187 e. The highest BCUT2D eigenvalue weighted by Gasteiger charge is 2.52. The van der Waals surface area contributed by atoms with E-state index in [0.717, 1.165) is 6.42 Å². The van der Waals surface area contributed by atoms with Gasteiger partial charge in [0.25, 0.3) is 0 Å². The molecule has 3 rings (SSSR count). The third-order valence-corrected chi connectivity index (χ3v) is 5.31. The van der Waals surface area contributed by atoms with Crippen molar-refractivity contribution in [2.75, 3.05) is 26.9 Å². The van der Waals surface area contributed by atoms with E-state index in [0.29, 0.717) is 25.7 Å². The van der Waals surface area contributed by atoms with Crippen LogP contribution in [0.5, 0.6) is 0 Å². The van der Waals surface area contributed by atoms with Crippen LogP contribution in [-0.4, -0.2) is 57.2 Å². The second-order valence-electron chi connectivity index (χ2n) is 6.67. The zero-order valence-electron chi connectivity index (χ0n) is 13.3. The standard InChI is InChI=1S/C16H26F2N2O2/c1-3-4-22-16-10-6-12(18)11(17)5-9(10)15-13(19-2)7-21-8-14(15)20-16/h9-15,19H,3-8H2,1-2H3/t9?,10?,11?,12-,13-,14-,15+/m1/s1. The van der Waals surface area contributed by atoms with Gasteiger partial charge in [-0.3, -0.25) is 0 Å². The van der Waals surface area contributed by atoms with E-state index in [1.54, 1.807) is 0 Å². The summed E-state index contributed by atoms with van der Waals surface area (Å²) in [6, 6.07) is 0.133. The summed E-state index contributed by atoms with van der Waals surface area (Å²) in [6.45, 7) is 3.76. The number of hydrogen-bond donors (Lipinski definition) is 1. The molecule has 3 unspecified atom stereocenters. The second-order valence-corrected chi connectivity index (χ2v) is 6.67. The molecular weight excluding hydrogens is 290 g/mol. The summed E-state index contributed by atoms with van der Waals surface area (Å²) in [5.41, 5.74) is 0. The van der Waals surface area contributed by atoms with Crippen molar-refractivity contribution >= 4 is 5.90 Å². The Bertz CT molecular complexity index is 421. The van der Waals surface area contributed by atoms with Gasteiger partial charge in [0.05, 0.1) is 25.9 Å². The molecule has 6 heteroatoms. The molecule has 2 aliphatic heterocycles. The quantitative estimate of drug-likeness (QED) is 0.867. The van der Waals surface area contributed by atoms with Crippen molar-refractivity contribution < 1.29 is 18.3 Å². The Kier molecular flexibility index (Phi) is 4.97. The average Bonchev–Trinajstić information content (AvgIpc) is 2.53. The van der Waals surface area contributed by atoms with E-state index < -0.39 is 12.3 Å². The van der Waals surface area contributed by atoms with Crippen LogP contribution in [0.3, 0.4) is 0 Å². The Morgan fingerprint density at radius 1 is 1.27 bits per heavy atom. The summed E-state index contributed by atoms with van der Waals surface area (Å²) in [7, 11) is 1.89. The Labute approximate surface area is 130 Å². The van der Waals surface area contributed by atoms with Crippen LogP contribution in [0.4, 0.5) is 8.78 Å². The first-order chi connectivity index (χ1) is 10.7. The summed E-state index contributed by atoms with van der Waals surface area (Å²) in [6.07, 6.45) is -1.44. The first-order valence-corrected chi connectivity index (χ1v) is 8.39. The molecule has 1 aliphatic carbocycles. The molecule has 0 bridgehead atoms. The summed E-state index contributed by atoms with van der Waals surface area (Å²) in [5, 5.41) is 3.27. The predicted octanol–water partition coefficient (Wildman–Crippen LogP) is 2.13. The topological polar surface area (TPSA) is 42.9 Å². The summed E-state index contributed by atoms with van der Waals surface area (Å²) in [4.78, 5) is 4.72. The van der Waals surface area contributed by atoms with Crippen molar-refractivity contribution in [3.8, 4) is 0 Å². The highest BCUT2D eigenvalue weighted by Crippen LogP contribution is 2.46. The van der Waals surface area contributed by atoms with Crippen LogP contribution in [0.15, 0.2) is 4.99 Å². The van der Waals surface area contributed by atoms with Crippen LogP contribution >= 0.6 is 0 Å². The zero-order valence-corrected chi connectivity index (χ0v) is 13.3. The fraction of sp³-hybridized carbons (Fsp3) is 0.938. The van der Waals surface area contributed by atoms with Gasteiger partial charge in [-0.2, -0.15) is 0 Å². The first-order valence-electron chi connectivity index (χ1n) is 8.39. The largest absolute Gasteiger partial charge is 0.481 e. The van der Waals surface area contributed by atoms with E-state index in [2.05, 4.69) is 5.32 Å². The minimum atomic E-state index is -1.40. The summed E-state index contributed by atoms with van der Waals surface area (Å²) < 4.78 is 39.3. The molecule has 126 valence electrons. The van der Waals surface area contributed by atoms with E-state index >= 15 is 0 Å². The van der Waals surface area contributed by atoms with Crippen LogP contribution < -0.4 is 5.32 Å². The molecule has 4 nitrogen and oxygen atoms in total. The van der Waals surface area contributed by atoms with Crippen LogP contribution in [0.2, 0.25) is 0 Å². The Hall–Kier alpha value is -0.750. The van der Waals surface area contributed by atoms with Gasteiger partial charge in [0, 0.05) is 17.9 Å². The molecule has 2 fully saturated rings. The van der Waals surface area contributed by atoms with Gasteiger partial charge >= 0.3 is 0 Å². The molecule has 1 saturated heterocycles. The number of ether oxygens (including phenoxy) is 2. The minimum Gasteiger partial charge on any atom is -0.481 e. The van der Waals surface area contributed by atoms with E-state index in [1.165, 1.54) is 0 Å². The highest BCUT2D eigenvalue weighted by molar-refractivity contribution is 5.80. The molecule has 22 heavy (non-hydrogen) atoms. The van der Waals surface area contributed by atoms with Gasteiger partial charge in [-0.25, -0.2) is 13.8 Å². The van der Waals surface area contributed by atoms with Crippen molar-refractivity contribution in [3.05, 3.63) is 0 Å². The number of alkyl halides is 2. The number of rotatable bonds is 3. The molecule has 1 N–H and O–H groups in total. The van der Waals surface area contributed by atoms with E-state index in [4.69, 9.17) is 14.5 Å². The fourth-order valence-electron chi connectivity index (χ4n) is 4.25. The normalized spacial score (nSPS) is 44.7. The molecule has 3 aliphatic rings. The van der Waals surface area contributed by atoms with Crippen LogP contribution in [-0.2, 0) is 9.47 Å². The first kappa shape index (κ1) is 16.1. The van der Waals surface area contributed by atoms with Gasteiger partial charge in [-0.05, 0) is 32.2 Å². The fourth-order valence-corrected chi connectivity index (χ4v) is 4.25. The summed E-state index contributed by atoms with van der Waals surface area (Å²) in [5.74, 6) is 0.813. The molecule has 7 atom stereocenters. The van der Waals surface area contributed by atoms with Gasteiger partial charge in [0.1, 0.15) is 12.3 Å². The van der Waals surface area contributed by atoms with Crippen molar-refractivity contribution in [1.29, 1.82) is 0 Å². The number of aliphatic imine (C=N–C) groups is 1. The lowest BCUT2D eigenvalue weighted by atomic mass is 9.64. The Morgan fingerprint density at radius 2 is 2.05 bits per heavy atom. The zero-order chi connectivity index (χ0) is 15.7. The SMILES string of the molecule is CCCOC1=N[C@@H]2COC[C@@H](NC)[C@@H]2C2CC(F)[C@H](F)CC12. The third-order valence-electron chi connectivity index (χ3n) is 5.31. The molecule has 0 aromatic rings. The van der Waals surface area contributed by atoms with Crippen molar-refractivity contribution in [2.45, 2.75) is 50.6 Å². The number of hydrogen-bond acceptors (Lipinski definition) is 4. The monoisotopic (exact) mass is 316 g/mol. The van der Waals surface area contributed by atoms with Crippen LogP contribution in [0.25, 0.3) is 0 Å². The predicted molar refractivity (Wildman–Crippen MR) is 80.6 cm³/mol. The number of likely N-dealkylation sites (N-methyl/N-ethyl adjacent to an activating group) is 1. The van der Waals surface area contributed by atoms with E-state index in [-0.39, 0.29) is 42.7 Å². The van der Waals surface area contributed by atoms with E-state index in [1.807, 2.05) is 14.0 Å². The maximum absolute atomic E-state index is 14.0. The van der Waals surface area contributed by atoms with Crippen molar-refractivity contribution in [2.24, 2.45) is 22.7 Å². The number of fused-ring (bicyclic) bond motifs is 3. The van der Waals surface area contributed by atoms with Crippen molar-refractivity contribution in [3.63, 3.8) is 0 Å². The molecule has 0 radical (unpaired) electrons. The van der Waals surface area contributed by atoms with Gasteiger partial charge in [0.2, 0.25) is 0 Å². The Morgan fingerprint density at radius 3 is 2.77 bits per heavy atom. The number of halogens is 2. The van der Waals surface area contributed by atoms with Crippen molar-refractivity contribution in [1.82, 2.24) is 5.32 Å². The van der Waals surface area contributed by atoms with Gasteiger partial charge < -0.3 is 14.8 Å². The van der Waals surface area contributed by atoms with E-state index in [9.17, 15) is 8.78 Å². The van der Waals surface area contributed by atoms with Gasteiger partial charge in [0.15, 0.2) is 5.90 Å². The van der Waals surface area contributed by atoms with Crippen LogP contribution in [0.1, 0.15) is 26.2 Å². The molecule has 0 amide bonds. The third kappa shape index (κ3) is 2.87. The minimum absolute atomic E-state index is 0.0114. The molecule has 0 aromatic carbocycles. The lowest BCUT2D eigenvalue weighted by Gasteiger charge is -2.49. The number of nitrogens with zero attached hydrogens (tertiary/aromatic N) is 1. The molecule has 2 heterocycles. The van der Waals surface area contributed by atoms with Gasteiger partial charge in [-0.15, -0.1) is 0 Å². The molecule has 0 aromatic heterocycles. The lowest BCUT2D eigenvalue weighted by Crippen LogP contribution is -2.58.